The van der Waals surface area contributed by atoms with Gasteiger partial charge in [0.2, 0.25) is 5.91 Å². The smallest absolute Gasteiger partial charge is 0.240 e. The van der Waals surface area contributed by atoms with E-state index in [9.17, 15) is 25.2 Å². The topological polar surface area (TPSA) is 198 Å². The van der Waals surface area contributed by atoms with Crippen LogP contribution in [-0.2, 0) is 9.53 Å². The van der Waals surface area contributed by atoms with Crippen molar-refractivity contribution in [2.75, 3.05) is 18.5 Å². The first-order valence-electron chi connectivity index (χ1n) is 9.24. The molecule has 13 heteroatoms. The molecule has 2 aliphatic rings. The molecule has 158 valence electrons. The summed E-state index contributed by atoms with van der Waals surface area (Å²) in [5.74, 6) is -0.254. The summed E-state index contributed by atoms with van der Waals surface area (Å²) < 4.78 is 5.69. The number of nitrogens with zero attached hydrogens (tertiary/aromatic N) is 3. The Morgan fingerprint density at radius 1 is 1.24 bits per heavy atom. The summed E-state index contributed by atoms with van der Waals surface area (Å²) in [4.78, 5) is 27.4. The number of aromatic nitrogens is 4. The fourth-order valence-corrected chi connectivity index (χ4v) is 3.64. The summed E-state index contributed by atoms with van der Waals surface area (Å²) in [5.41, 5.74) is 0.884. The number of amides is 1. The number of fused-ring (bicyclic) bond motifs is 1. The zero-order valence-electron chi connectivity index (χ0n) is 15.3. The van der Waals surface area contributed by atoms with Gasteiger partial charge in [-0.15, -0.1) is 0 Å². The molecule has 0 saturated carbocycles. The van der Waals surface area contributed by atoms with Gasteiger partial charge in [0.15, 0.2) is 17.7 Å². The maximum atomic E-state index is 12.4. The standard InChI is InChI=1S/C16H23N7O6/c24-3-7-9(22-15(28)8-6(25)1-2-17-8)11(26)12(27)16(29-7)23-14-10-13(19-4-18-10)20-5-21-14/h4-9,11-12,16-17,24-27H,1-3H2,(H,22,28)(H2,18,19,20,21,23)/t6-,7-,8-,9-,11+,12-,16-/m0/s1. The van der Waals surface area contributed by atoms with Crippen molar-refractivity contribution in [1.29, 1.82) is 0 Å². The van der Waals surface area contributed by atoms with Gasteiger partial charge in [0, 0.05) is 0 Å². The summed E-state index contributed by atoms with van der Waals surface area (Å²) in [7, 11) is 0. The molecule has 0 unspecified atom stereocenters. The van der Waals surface area contributed by atoms with Crippen LogP contribution in [0.4, 0.5) is 5.82 Å². The van der Waals surface area contributed by atoms with E-state index in [4.69, 9.17) is 4.74 Å². The lowest BCUT2D eigenvalue weighted by Gasteiger charge is -2.43. The molecule has 0 radical (unpaired) electrons. The Labute approximate surface area is 164 Å². The highest BCUT2D eigenvalue weighted by Gasteiger charge is 2.46. The molecule has 0 aliphatic carbocycles. The Bertz CT molecular complexity index is 863. The molecule has 1 amide bonds. The summed E-state index contributed by atoms with van der Waals surface area (Å²) in [6, 6.07) is -1.91. The molecule has 4 rings (SSSR count). The second kappa shape index (κ2) is 8.14. The number of hydrogen-bond donors (Lipinski definition) is 8. The van der Waals surface area contributed by atoms with Crippen LogP contribution in [0.3, 0.4) is 0 Å². The van der Waals surface area contributed by atoms with Crippen molar-refractivity contribution in [3.05, 3.63) is 12.7 Å². The summed E-state index contributed by atoms with van der Waals surface area (Å²) in [6.07, 6.45) is -2.72. The van der Waals surface area contributed by atoms with Gasteiger partial charge in [0.05, 0.1) is 25.1 Å². The van der Waals surface area contributed by atoms with Gasteiger partial charge in [0.25, 0.3) is 0 Å². The van der Waals surface area contributed by atoms with E-state index >= 15 is 0 Å². The molecular weight excluding hydrogens is 386 g/mol. The van der Waals surface area contributed by atoms with Crippen LogP contribution in [0.15, 0.2) is 12.7 Å². The number of carbonyl (C=O) groups excluding carboxylic acids is 1. The van der Waals surface area contributed by atoms with Crippen LogP contribution in [0.5, 0.6) is 0 Å². The molecule has 13 nitrogen and oxygen atoms in total. The summed E-state index contributed by atoms with van der Waals surface area (Å²) >= 11 is 0. The lowest BCUT2D eigenvalue weighted by molar-refractivity contribution is -0.185. The number of aliphatic hydroxyl groups excluding tert-OH is 4. The number of imidazole rings is 1. The highest BCUT2D eigenvalue weighted by Crippen LogP contribution is 2.24. The minimum atomic E-state index is -1.45. The third-order valence-corrected chi connectivity index (χ3v) is 5.21. The van der Waals surface area contributed by atoms with Gasteiger partial charge < -0.3 is 46.1 Å². The van der Waals surface area contributed by atoms with E-state index in [-0.39, 0.29) is 0 Å². The number of H-pyrrole nitrogens is 1. The fourth-order valence-electron chi connectivity index (χ4n) is 3.64. The van der Waals surface area contributed by atoms with Crippen molar-refractivity contribution in [2.45, 2.75) is 49.1 Å². The molecule has 7 atom stereocenters. The number of rotatable bonds is 5. The van der Waals surface area contributed by atoms with E-state index in [1.807, 2.05) is 0 Å². The number of nitrogens with one attached hydrogen (secondary N) is 4. The molecule has 2 aromatic heterocycles. The number of aliphatic hydroxyl groups is 4. The second-order valence-corrected chi connectivity index (χ2v) is 7.05. The number of anilines is 1. The third-order valence-electron chi connectivity index (χ3n) is 5.21. The van der Waals surface area contributed by atoms with Crippen LogP contribution in [0.2, 0.25) is 0 Å². The molecule has 0 aromatic carbocycles. The third kappa shape index (κ3) is 3.75. The van der Waals surface area contributed by atoms with Gasteiger partial charge in [0.1, 0.15) is 36.2 Å². The second-order valence-electron chi connectivity index (χ2n) is 7.05. The number of hydrogen-bond acceptors (Lipinski definition) is 11. The normalized spacial score (nSPS) is 35.0. The molecule has 2 saturated heterocycles. The first-order valence-corrected chi connectivity index (χ1v) is 9.24. The zero-order valence-corrected chi connectivity index (χ0v) is 15.3. The molecule has 2 fully saturated rings. The fraction of sp³-hybridized carbons (Fsp3) is 0.625. The Morgan fingerprint density at radius 2 is 2.07 bits per heavy atom. The quantitative estimate of drug-likeness (QED) is 0.243. The highest BCUT2D eigenvalue weighted by molar-refractivity contribution is 5.83. The van der Waals surface area contributed by atoms with Gasteiger partial charge in [-0.05, 0) is 13.0 Å². The van der Waals surface area contributed by atoms with Gasteiger partial charge in [-0.3, -0.25) is 4.79 Å². The van der Waals surface area contributed by atoms with E-state index in [1.54, 1.807) is 0 Å². The van der Waals surface area contributed by atoms with Gasteiger partial charge >= 0.3 is 0 Å². The van der Waals surface area contributed by atoms with Crippen LogP contribution in [0.1, 0.15) is 6.42 Å². The Kier molecular flexibility index (Phi) is 5.58. The Morgan fingerprint density at radius 3 is 2.79 bits per heavy atom. The van der Waals surface area contributed by atoms with Crippen LogP contribution in [0.25, 0.3) is 11.2 Å². The predicted octanol–water partition coefficient (Wildman–Crippen LogP) is -3.59. The molecular formula is C16H23N7O6. The number of aromatic amines is 1. The minimum absolute atomic E-state index is 0.293. The molecule has 2 aliphatic heterocycles. The first-order chi connectivity index (χ1) is 14.0. The lowest BCUT2D eigenvalue weighted by atomic mass is 9.95. The van der Waals surface area contributed by atoms with Crippen molar-refractivity contribution in [3.8, 4) is 0 Å². The van der Waals surface area contributed by atoms with Gasteiger partial charge in [-0.2, -0.15) is 0 Å². The van der Waals surface area contributed by atoms with Crippen LogP contribution >= 0.6 is 0 Å². The van der Waals surface area contributed by atoms with Crippen molar-refractivity contribution in [1.82, 2.24) is 30.6 Å². The van der Waals surface area contributed by atoms with Gasteiger partial charge in [-0.25, -0.2) is 15.0 Å². The average molecular weight is 409 g/mol. The maximum absolute atomic E-state index is 12.4. The Balaban J connectivity index is 1.48. The summed E-state index contributed by atoms with van der Waals surface area (Å²) in [6.45, 7) is -0.0289. The van der Waals surface area contributed by atoms with Crippen molar-refractivity contribution < 1.29 is 30.0 Å². The van der Waals surface area contributed by atoms with E-state index in [1.165, 1.54) is 12.7 Å². The zero-order chi connectivity index (χ0) is 20.5. The van der Waals surface area contributed by atoms with Crippen LogP contribution in [-0.4, -0.2) is 102 Å². The number of carbonyl (C=O) groups is 1. The van der Waals surface area contributed by atoms with E-state index in [2.05, 4.69) is 35.9 Å². The van der Waals surface area contributed by atoms with Crippen molar-refractivity contribution in [3.63, 3.8) is 0 Å². The van der Waals surface area contributed by atoms with Crippen molar-refractivity contribution in [2.24, 2.45) is 0 Å². The Hall–Kier alpha value is -2.42. The summed E-state index contributed by atoms with van der Waals surface area (Å²) in [5, 5.41) is 49.0. The molecule has 4 heterocycles. The van der Waals surface area contributed by atoms with Crippen LogP contribution < -0.4 is 16.0 Å². The monoisotopic (exact) mass is 409 g/mol. The van der Waals surface area contributed by atoms with E-state index in [0.29, 0.717) is 29.9 Å². The van der Waals surface area contributed by atoms with Crippen molar-refractivity contribution >= 4 is 22.9 Å². The lowest BCUT2D eigenvalue weighted by Crippen LogP contribution is -2.67. The first kappa shape index (κ1) is 19.9. The molecule has 0 spiro atoms. The minimum Gasteiger partial charge on any atom is -0.394 e. The average Bonchev–Trinajstić information content (AvgIpc) is 3.36. The van der Waals surface area contributed by atoms with Crippen LogP contribution in [0, 0.1) is 0 Å². The molecule has 8 N–H and O–H groups in total. The largest absolute Gasteiger partial charge is 0.394 e. The molecule has 0 bridgehead atoms. The van der Waals surface area contributed by atoms with E-state index < -0.39 is 55.2 Å². The van der Waals surface area contributed by atoms with Gasteiger partial charge in [-0.1, -0.05) is 0 Å². The molecule has 2 aromatic rings. The maximum Gasteiger partial charge on any atom is 0.240 e. The highest BCUT2D eigenvalue weighted by atomic mass is 16.5. The SMILES string of the molecule is O=C(N[C@@H]1[C@@H](O)[C@H](O)[C@@H](Nc2ncnc3nc[nH]c23)O[C@H]1CO)[C@H]1NCC[C@@H]1O. The number of ether oxygens (including phenoxy) is 1. The predicted molar refractivity (Wildman–Crippen MR) is 97.4 cm³/mol. The van der Waals surface area contributed by atoms with E-state index in [0.717, 1.165) is 0 Å². The molecule has 29 heavy (non-hydrogen) atoms.